The highest BCUT2D eigenvalue weighted by Crippen LogP contribution is 2.43. The van der Waals surface area contributed by atoms with Crippen LogP contribution in [0.15, 0.2) is 60.7 Å². The van der Waals surface area contributed by atoms with Crippen molar-refractivity contribution in [1.29, 1.82) is 0 Å². The summed E-state index contributed by atoms with van der Waals surface area (Å²) < 4.78 is 6.48. The van der Waals surface area contributed by atoms with Crippen LogP contribution in [0.5, 0.6) is 0 Å². The number of nitrogens with zero attached hydrogens (tertiary/aromatic N) is 1. The van der Waals surface area contributed by atoms with Crippen LogP contribution >= 0.6 is 0 Å². The van der Waals surface area contributed by atoms with Crippen LogP contribution in [0.3, 0.4) is 0 Å². The van der Waals surface area contributed by atoms with E-state index in [1.54, 1.807) is 0 Å². The monoisotopic (exact) mass is 277 g/mol. The van der Waals surface area contributed by atoms with Crippen molar-refractivity contribution in [3.05, 3.63) is 71.8 Å². The third kappa shape index (κ3) is 2.21. The van der Waals surface area contributed by atoms with Crippen LogP contribution in [0.2, 0.25) is 0 Å². The van der Waals surface area contributed by atoms with Crippen molar-refractivity contribution in [1.82, 2.24) is 4.81 Å². The Morgan fingerprint density at radius 3 is 2.19 bits per heavy atom. The highest BCUT2D eigenvalue weighted by atomic mass is 16.5. The van der Waals surface area contributed by atoms with Gasteiger partial charge in [-0.3, -0.25) is 0 Å². The Balaban J connectivity index is 1.80. The Bertz CT molecular complexity index is 562. The van der Waals surface area contributed by atoms with Gasteiger partial charge in [-0.05, 0) is 36.9 Å². The first-order valence-electron chi connectivity index (χ1n) is 7.87. The fourth-order valence-electron chi connectivity index (χ4n) is 3.86. The van der Waals surface area contributed by atoms with Gasteiger partial charge in [-0.15, -0.1) is 0 Å². The third-order valence-electron chi connectivity index (χ3n) is 4.98. The summed E-state index contributed by atoms with van der Waals surface area (Å²) in [6.07, 6.45) is 3.65. The number of benzene rings is 2. The van der Waals surface area contributed by atoms with Crippen LogP contribution in [0, 0.1) is 0 Å². The van der Waals surface area contributed by atoms with Crippen LogP contribution in [-0.2, 0) is 10.3 Å². The van der Waals surface area contributed by atoms with Crippen molar-refractivity contribution in [2.45, 2.75) is 30.9 Å². The van der Waals surface area contributed by atoms with E-state index in [0.717, 1.165) is 14.0 Å². The van der Waals surface area contributed by atoms with Crippen molar-refractivity contribution in [3.63, 3.8) is 0 Å². The molecule has 0 saturated carbocycles. The first kappa shape index (κ1) is 13.1. The molecule has 1 unspecified atom stereocenters. The van der Waals surface area contributed by atoms with Crippen molar-refractivity contribution in [2.75, 3.05) is 6.54 Å². The summed E-state index contributed by atoms with van der Waals surface area (Å²) in [4.78, 5) is 2.49. The van der Waals surface area contributed by atoms with Gasteiger partial charge in [0.1, 0.15) is 5.60 Å². The Morgan fingerprint density at radius 2 is 1.57 bits per heavy atom. The quantitative estimate of drug-likeness (QED) is 0.782. The van der Waals surface area contributed by atoms with E-state index in [9.17, 15) is 0 Å². The van der Waals surface area contributed by atoms with Crippen molar-refractivity contribution in [3.8, 4) is 0 Å². The fourth-order valence-corrected chi connectivity index (χ4v) is 3.86. The second-order valence-corrected chi connectivity index (χ2v) is 6.15. The summed E-state index contributed by atoms with van der Waals surface area (Å²) in [6, 6.07) is 22.1. The van der Waals surface area contributed by atoms with Crippen LogP contribution < -0.4 is 0 Å². The molecule has 0 aliphatic carbocycles. The molecule has 106 valence electrons. The summed E-state index contributed by atoms with van der Waals surface area (Å²) in [5.41, 5.74) is 2.28. The van der Waals surface area contributed by atoms with Crippen molar-refractivity contribution < 1.29 is 4.65 Å². The summed E-state index contributed by atoms with van der Waals surface area (Å²) >= 11 is 0. The molecule has 21 heavy (non-hydrogen) atoms. The van der Waals surface area contributed by atoms with Crippen LogP contribution in [-0.4, -0.2) is 25.0 Å². The highest BCUT2D eigenvalue weighted by Gasteiger charge is 2.45. The molecule has 0 spiro atoms. The summed E-state index contributed by atoms with van der Waals surface area (Å²) in [5.74, 6) is 0. The second-order valence-electron chi connectivity index (χ2n) is 6.15. The van der Waals surface area contributed by atoms with Crippen molar-refractivity contribution in [2.24, 2.45) is 0 Å². The fraction of sp³-hybridized carbons (Fsp3) is 0.333. The number of hydrogen-bond donors (Lipinski definition) is 0. The Labute approximate surface area is 127 Å². The lowest BCUT2D eigenvalue weighted by Gasteiger charge is -2.45. The first-order valence-corrected chi connectivity index (χ1v) is 7.87. The maximum atomic E-state index is 6.48. The zero-order chi connectivity index (χ0) is 14.1. The van der Waals surface area contributed by atoms with E-state index in [-0.39, 0.29) is 5.60 Å². The maximum Gasteiger partial charge on any atom is 0.364 e. The van der Waals surface area contributed by atoms with E-state index in [0.29, 0.717) is 6.04 Å². The molecule has 3 heteroatoms. The lowest BCUT2D eigenvalue weighted by molar-refractivity contribution is 0.0367. The summed E-state index contributed by atoms with van der Waals surface area (Å²) in [6.45, 7) is 1.18. The zero-order valence-corrected chi connectivity index (χ0v) is 12.2. The van der Waals surface area contributed by atoms with E-state index in [2.05, 4.69) is 65.5 Å². The molecule has 4 rings (SSSR count). The number of hydrogen-bond acceptors (Lipinski definition) is 2. The molecule has 2 nitrogen and oxygen atoms in total. The molecule has 0 radical (unpaired) electrons. The van der Waals surface area contributed by atoms with Gasteiger partial charge in [0.2, 0.25) is 0 Å². The lowest BCUT2D eigenvalue weighted by atomic mass is 9.77. The average molecular weight is 277 g/mol. The van der Waals surface area contributed by atoms with Gasteiger partial charge in [-0.25, -0.2) is 0 Å². The highest BCUT2D eigenvalue weighted by molar-refractivity contribution is 6.24. The minimum Gasteiger partial charge on any atom is -0.410 e. The van der Waals surface area contributed by atoms with Gasteiger partial charge in [0.05, 0.1) is 0 Å². The van der Waals surface area contributed by atoms with Gasteiger partial charge in [0.15, 0.2) is 0 Å². The largest absolute Gasteiger partial charge is 0.410 e. The number of rotatable bonds is 2. The number of fused-ring (bicyclic) bond motifs is 1. The van der Waals surface area contributed by atoms with E-state index >= 15 is 0 Å². The molecule has 2 saturated heterocycles. The van der Waals surface area contributed by atoms with Crippen molar-refractivity contribution >= 4 is 7.62 Å². The molecule has 0 aromatic heterocycles. The SMILES string of the molecule is B1OC(c2ccccc2)(c2ccccc2)CC2CCCN12. The molecule has 2 aromatic carbocycles. The minimum atomic E-state index is -0.284. The second kappa shape index (κ2) is 5.32. The molecule has 0 N–H and O–H groups in total. The molecule has 0 bridgehead atoms. The van der Waals surface area contributed by atoms with E-state index in [4.69, 9.17) is 4.65 Å². The van der Waals surface area contributed by atoms with Crippen LogP contribution in [0.1, 0.15) is 30.4 Å². The molecule has 2 aliphatic rings. The Hall–Kier alpha value is -1.58. The maximum absolute atomic E-state index is 6.48. The molecule has 2 heterocycles. The van der Waals surface area contributed by atoms with Crippen LogP contribution in [0.4, 0.5) is 0 Å². The van der Waals surface area contributed by atoms with E-state index in [1.807, 2.05) is 0 Å². The topological polar surface area (TPSA) is 12.5 Å². The molecular formula is C18H20BNO. The Kier molecular flexibility index (Phi) is 3.32. The minimum absolute atomic E-state index is 0.284. The van der Waals surface area contributed by atoms with Gasteiger partial charge in [0, 0.05) is 6.04 Å². The molecule has 1 atom stereocenters. The standard InChI is InChI=1S/C18H20BNO/c1-3-8-15(9-4-1)18(16-10-5-2-6-11-16)14-17-12-7-13-20(17)19-21-18/h1-6,8-11,17,19H,7,12-14H2. The summed E-state index contributed by atoms with van der Waals surface area (Å²) in [5, 5.41) is 0. The smallest absolute Gasteiger partial charge is 0.364 e. The van der Waals surface area contributed by atoms with E-state index in [1.165, 1.54) is 30.5 Å². The van der Waals surface area contributed by atoms with Crippen LogP contribution in [0.25, 0.3) is 0 Å². The third-order valence-corrected chi connectivity index (χ3v) is 4.98. The Morgan fingerprint density at radius 1 is 0.952 bits per heavy atom. The first-order chi connectivity index (χ1) is 10.4. The molecule has 2 aliphatic heterocycles. The van der Waals surface area contributed by atoms with Gasteiger partial charge in [0.25, 0.3) is 0 Å². The molecular weight excluding hydrogens is 257 g/mol. The van der Waals surface area contributed by atoms with Gasteiger partial charge < -0.3 is 9.47 Å². The average Bonchev–Trinajstić information content (AvgIpc) is 3.03. The molecule has 2 fully saturated rings. The predicted octanol–water partition coefficient (Wildman–Crippen LogP) is 3.08. The molecule has 2 aromatic rings. The normalized spacial score (nSPS) is 24.3. The predicted molar refractivity (Wildman–Crippen MR) is 86.2 cm³/mol. The summed E-state index contributed by atoms with van der Waals surface area (Å²) in [7, 11) is 0.744. The lowest BCUT2D eigenvalue weighted by Crippen LogP contribution is -2.50. The van der Waals surface area contributed by atoms with Gasteiger partial charge in [-0.2, -0.15) is 0 Å². The molecule has 0 amide bonds. The van der Waals surface area contributed by atoms with E-state index < -0.39 is 0 Å². The van der Waals surface area contributed by atoms with Gasteiger partial charge in [-0.1, -0.05) is 60.7 Å². The van der Waals surface area contributed by atoms with Gasteiger partial charge >= 0.3 is 7.62 Å². The zero-order valence-electron chi connectivity index (χ0n) is 12.2.